The number of carbonyl (C=O) groups is 1. The number of halogens is 3. The van der Waals surface area contributed by atoms with Crippen molar-refractivity contribution in [2.45, 2.75) is 31.5 Å². The van der Waals surface area contributed by atoms with Crippen LogP contribution in [-0.4, -0.2) is 6.03 Å². The molecule has 0 spiro atoms. The average Bonchev–Trinajstić information content (AvgIpc) is 2.55. The summed E-state index contributed by atoms with van der Waals surface area (Å²) in [6.07, 6.45) is -1.55. The van der Waals surface area contributed by atoms with Crippen LogP contribution in [0, 0.1) is 0 Å². The Hall–Kier alpha value is -2.50. The number of aryl methyl sites for hydroxylation is 1. The predicted molar refractivity (Wildman–Crippen MR) is 85.7 cm³/mol. The van der Waals surface area contributed by atoms with Crippen LogP contribution in [0.4, 0.5) is 23.7 Å². The van der Waals surface area contributed by atoms with Crippen LogP contribution < -0.4 is 10.6 Å². The molecular formula is C18H17F3N2O. The quantitative estimate of drug-likeness (QED) is 0.805. The molecule has 2 aromatic rings. The summed E-state index contributed by atoms with van der Waals surface area (Å²) in [5.74, 6) is 0. The third kappa shape index (κ3) is 3.69. The van der Waals surface area contributed by atoms with E-state index in [1.54, 1.807) is 0 Å². The fourth-order valence-corrected chi connectivity index (χ4v) is 2.97. The Morgan fingerprint density at radius 1 is 1.04 bits per heavy atom. The molecule has 1 unspecified atom stereocenters. The monoisotopic (exact) mass is 334 g/mol. The lowest BCUT2D eigenvalue weighted by Crippen LogP contribution is -2.34. The van der Waals surface area contributed by atoms with Crippen molar-refractivity contribution in [1.82, 2.24) is 5.32 Å². The molecule has 1 atom stereocenters. The normalized spacial score (nSPS) is 17.0. The van der Waals surface area contributed by atoms with Crippen LogP contribution in [0.3, 0.4) is 0 Å². The van der Waals surface area contributed by atoms with Gasteiger partial charge in [-0.25, -0.2) is 4.79 Å². The molecule has 3 nitrogen and oxygen atoms in total. The molecule has 2 N–H and O–H groups in total. The van der Waals surface area contributed by atoms with E-state index in [9.17, 15) is 18.0 Å². The van der Waals surface area contributed by atoms with Crippen molar-refractivity contribution >= 4 is 11.7 Å². The van der Waals surface area contributed by atoms with Crippen LogP contribution in [-0.2, 0) is 12.6 Å². The Labute approximate surface area is 137 Å². The number of alkyl halides is 3. The number of benzene rings is 2. The summed E-state index contributed by atoms with van der Waals surface area (Å²) < 4.78 is 37.6. The second-order valence-corrected chi connectivity index (χ2v) is 5.82. The molecule has 0 aliphatic heterocycles. The van der Waals surface area contributed by atoms with Gasteiger partial charge in [0, 0.05) is 5.69 Å². The van der Waals surface area contributed by atoms with Crippen LogP contribution >= 0.6 is 0 Å². The Morgan fingerprint density at radius 2 is 1.75 bits per heavy atom. The summed E-state index contributed by atoms with van der Waals surface area (Å²) in [6.45, 7) is 0. The predicted octanol–water partition coefficient (Wildman–Crippen LogP) is 4.90. The highest BCUT2D eigenvalue weighted by molar-refractivity contribution is 5.89. The summed E-state index contributed by atoms with van der Waals surface area (Å²) in [5.41, 5.74) is 1.91. The molecule has 2 aromatic carbocycles. The van der Waals surface area contributed by atoms with E-state index in [-0.39, 0.29) is 6.04 Å². The lowest BCUT2D eigenvalue weighted by Gasteiger charge is -2.26. The van der Waals surface area contributed by atoms with Gasteiger partial charge in [-0.2, -0.15) is 13.2 Å². The van der Waals surface area contributed by atoms with Gasteiger partial charge in [-0.3, -0.25) is 0 Å². The van der Waals surface area contributed by atoms with Crippen molar-refractivity contribution < 1.29 is 18.0 Å². The van der Waals surface area contributed by atoms with E-state index in [0.29, 0.717) is 5.69 Å². The SMILES string of the molecule is O=C(Nc1ccc(C(F)(F)F)cc1)NC1CCCc2ccccc21. The Morgan fingerprint density at radius 3 is 2.46 bits per heavy atom. The number of rotatable bonds is 2. The van der Waals surface area contributed by atoms with Crippen LogP contribution in [0.25, 0.3) is 0 Å². The van der Waals surface area contributed by atoms with E-state index in [1.165, 1.54) is 17.7 Å². The van der Waals surface area contributed by atoms with Gasteiger partial charge in [0.2, 0.25) is 0 Å². The third-order valence-corrected chi connectivity index (χ3v) is 4.14. The fraction of sp³-hybridized carbons (Fsp3) is 0.278. The maximum Gasteiger partial charge on any atom is 0.416 e. The molecule has 1 aliphatic carbocycles. The van der Waals surface area contributed by atoms with E-state index in [1.807, 2.05) is 18.2 Å². The van der Waals surface area contributed by atoms with E-state index >= 15 is 0 Å². The first-order valence-electron chi connectivity index (χ1n) is 7.76. The van der Waals surface area contributed by atoms with Crippen molar-refractivity contribution in [3.05, 3.63) is 65.2 Å². The lowest BCUT2D eigenvalue weighted by molar-refractivity contribution is -0.137. The van der Waals surface area contributed by atoms with Gasteiger partial charge in [-0.1, -0.05) is 24.3 Å². The first-order chi connectivity index (χ1) is 11.4. The topological polar surface area (TPSA) is 41.1 Å². The van der Waals surface area contributed by atoms with E-state index in [0.717, 1.165) is 37.0 Å². The molecule has 0 heterocycles. The highest BCUT2D eigenvalue weighted by Crippen LogP contribution is 2.31. The molecule has 0 saturated heterocycles. The molecule has 0 aromatic heterocycles. The van der Waals surface area contributed by atoms with Gasteiger partial charge in [0.15, 0.2) is 0 Å². The Bertz CT molecular complexity index is 726. The number of nitrogens with one attached hydrogen (secondary N) is 2. The van der Waals surface area contributed by atoms with Crippen molar-refractivity contribution in [2.24, 2.45) is 0 Å². The molecule has 1 aliphatic rings. The van der Waals surface area contributed by atoms with Crippen LogP contribution in [0.5, 0.6) is 0 Å². The molecule has 0 saturated carbocycles. The van der Waals surface area contributed by atoms with E-state index in [2.05, 4.69) is 16.7 Å². The average molecular weight is 334 g/mol. The zero-order valence-corrected chi connectivity index (χ0v) is 12.9. The minimum atomic E-state index is -4.38. The maximum atomic E-state index is 12.5. The zero-order valence-electron chi connectivity index (χ0n) is 12.9. The van der Waals surface area contributed by atoms with Gasteiger partial charge in [0.25, 0.3) is 0 Å². The second-order valence-electron chi connectivity index (χ2n) is 5.82. The number of hydrogen-bond acceptors (Lipinski definition) is 1. The van der Waals surface area contributed by atoms with Crippen molar-refractivity contribution in [3.8, 4) is 0 Å². The van der Waals surface area contributed by atoms with E-state index in [4.69, 9.17) is 0 Å². The Kier molecular flexibility index (Phi) is 4.46. The van der Waals surface area contributed by atoms with Gasteiger partial charge in [-0.05, 0) is 54.7 Å². The number of hydrogen-bond donors (Lipinski definition) is 2. The number of carbonyl (C=O) groups excluding carboxylic acids is 1. The highest BCUT2D eigenvalue weighted by Gasteiger charge is 2.30. The van der Waals surface area contributed by atoms with Crippen molar-refractivity contribution in [1.29, 1.82) is 0 Å². The molecule has 24 heavy (non-hydrogen) atoms. The van der Waals surface area contributed by atoms with Gasteiger partial charge in [0.05, 0.1) is 11.6 Å². The molecule has 126 valence electrons. The van der Waals surface area contributed by atoms with E-state index < -0.39 is 17.8 Å². The van der Waals surface area contributed by atoms with Gasteiger partial charge >= 0.3 is 12.2 Å². The van der Waals surface area contributed by atoms with Gasteiger partial charge in [-0.15, -0.1) is 0 Å². The second kappa shape index (κ2) is 6.55. The fourth-order valence-electron chi connectivity index (χ4n) is 2.97. The summed E-state index contributed by atoms with van der Waals surface area (Å²) in [7, 11) is 0. The zero-order chi connectivity index (χ0) is 17.2. The first kappa shape index (κ1) is 16.4. The standard InChI is InChI=1S/C18H17F3N2O/c19-18(20,21)13-8-10-14(11-9-13)22-17(24)23-16-7-3-5-12-4-1-2-6-15(12)16/h1-2,4,6,8-11,16H,3,5,7H2,(H2,22,23,24). The van der Waals surface area contributed by atoms with Crippen molar-refractivity contribution in [3.63, 3.8) is 0 Å². The summed E-state index contributed by atoms with van der Waals surface area (Å²) in [4.78, 5) is 12.1. The number of fused-ring (bicyclic) bond motifs is 1. The molecule has 0 radical (unpaired) electrons. The summed E-state index contributed by atoms with van der Waals surface area (Å²) in [5, 5.41) is 5.48. The van der Waals surface area contributed by atoms with Gasteiger partial charge < -0.3 is 10.6 Å². The molecular weight excluding hydrogens is 317 g/mol. The first-order valence-corrected chi connectivity index (χ1v) is 7.76. The summed E-state index contributed by atoms with van der Waals surface area (Å²) in [6, 6.07) is 11.9. The molecule has 0 fully saturated rings. The van der Waals surface area contributed by atoms with Crippen molar-refractivity contribution in [2.75, 3.05) is 5.32 Å². The summed E-state index contributed by atoms with van der Waals surface area (Å²) >= 11 is 0. The molecule has 6 heteroatoms. The minimum absolute atomic E-state index is 0.0793. The smallest absolute Gasteiger partial charge is 0.331 e. The minimum Gasteiger partial charge on any atom is -0.331 e. The van der Waals surface area contributed by atoms with Crippen LogP contribution in [0.1, 0.15) is 35.6 Å². The third-order valence-electron chi connectivity index (χ3n) is 4.14. The van der Waals surface area contributed by atoms with Gasteiger partial charge in [0.1, 0.15) is 0 Å². The highest BCUT2D eigenvalue weighted by atomic mass is 19.4. The number of anilines is 1. The maximum absolute atomic E-state index is 12.5. The number of urea groups is 1. The molecule has 2 amide bonds. The van der Waals surface area contributed by atoms with Crippen LogP contribution in [0.15, 0.2) is 48.5 Å². The molecule has 3 rings (SSSR count). The largest absolute Gasteiger partial charge is 0.416 e. The molecule has 0 bridgehead atoms. The number of amides is 2. The lowest BCUT2D eigenvalue weighted by atomic mass is 9.88. The Balaban J connectivity index is 1.64. The van der Waals surface area contributed by atoms with Crippen LogP contribution in [0.2, 0.25) is 0 Å².